The van der Waals surface area contributed by atoms with Crippen LogP contribution in [-0.4, -0.2) is 28.0 Å². The Morgan fingerprint density at radius 1 is 1.22 bits per heavy atom. The highest BCUT2D eigenvalue weighted by Crippen LogP contribution is 2.31. The number of rotatable bonds is 5. The van der Waals surface area contributed by atoms with Gasteiger partial charge in [-0.1, -0.05) is 18.2 Å². The van der Waals surface area contributed by atoms with Crippen LogP contribution in [0.4, 0.5) is 0 Å². The molecule has 0 bridgehead atoms. The lowest BCUT2D eigenvalue weighted by Gasteiger charge is -2.11. The highest BCUT2D eigenvalue weighted by Gasteiger charge is 2.28. The third-order valence-corrected chi connectivity index (χ3v) is 4.82. The van der Waals surface area contributed by atoms with Crippen LogP contribution in [0.2, 0.25) is 0 Å². The molecule has 3 N–H and O–H groups in total. The van der Waals surface area contributed by atoms with Gasteiger partial charge in [0.1, 0.15) is 5.82 Å². The minimum absolute atomic E-state index is 0. The monoisotopic (exact) mass is 406 g/mol. The van der Waals surface area contributed by atoms with Crippen LogP contribution in [0.3, 0.4) is 0 Å². The number of carbonyl (C=O) groups is 1. The number of carbonyl (C=O) groups excluding carboxylic acids is 1. The molecule has 1 aliphatic carbocycles. The molecule has 1 aromatic heterocycles. The summed E-state index contributed by atoms with van der Waals surface area (Å²) in [6.45, 7) is 2.50. The number of nitrogens with one attached hydrogen (secondary N) is 1. The number of halogens is 2. The third-order valence-electron chi connectivity index (χ3n) is 4.82. The predicted molar refractivity (Wildman–Crippen MR) is 113 cm³/mol. The summed E-state index contributed by atoms with van der Waals surface area (Å²) in [5, 5.41) is 2.94. The van der Waals surface area contributed by atoms with E-state index in [-0.39, 0.29) is 36.8 Å². The lowest BCUT2D eigenvalue weighted by molar-refractivity contribution is 0.0950. The maximum atomic E-state index is 12.4. The van der Waals surface area contributed by atoms with Crippen LogP contribution in [0.25, 0.3) is 16.7 Å². The van der Waals surface area contributed by atoms with E-state index in [1.165, 1.54) is 12.8 Å². The normalized spacial score (nSPS) is 14.1. The summed E-state index contributed by atoms with van der Waals surface area (Å²) in [5.74, 6) is 1.38. The van der Waals surface area contributed by atoms with Crippen molar-refractivity contribution in [2.45, 2.75) is 25.8 Å². The fourth-order valence-corrected chi connectivity index (χ4v) is 3.25. The van der Waals surface area contributed by atoms with E-state index in [2.05, 4.69) is 14.9 Å². The van der Waals surface area contributed by atoms with Gasteiger partial charge in [0.15, 0.2) is 0 Å². The average Bonchev–Trinajstić information content (AvgIpc) is 3.42. The molecule has 0 aliphatic heterocycles. The Balaban J connectivity index is 0.00000131. The van der Waals surface area contributed by atoms with Gasteiger partial charge >= 0.3 is 0 Å². The number of aryl methyl sites for hydroxylation is 1. The quantitative estimate of drug-likeness (QED) is 0.678. The summed E-state index contributed by atoms with van der Waals surface area (Å²) in [6.07, 6.45) is 2.36. The second-order valence-corrected chi connectivity index (χ2v) is 6.74. The topological polar surface area (TPSA) is 72.9 Å². The molecule has 5 nitrogen and oxygen atoms in total. The van der Waals surface area contributed by atoms with Gasteiger partial charge in [-0.3, -0.25) is 9.36 Å². The minimum atomic E-state index is -0.0927. The average molecular weight is 407 g/mol. The van der Waals surface area contributed by atoms with E-state index >= 15 is 0 Å². The number of fused-ring (bicyclic) bond motifs is 1. The van der Waals surface area contributed by atoms with E-state index in [9.17, 15) is 4.79 Å². The van der Waals surface area contributed by atoms with Crippen LogP contribution in [-0.2, 0) is 0 Å². The van der Waals surface area contributed by atoms with Crippen molar-refractivity contribution in [3.63, 3.8) is 0 Å². The molecule has 7 heteroatoms. The Labute approximate surface area is 171 Å². The minimum Gasteiger partial charge on any atom is -0.350 e. The molecule has 144 valence electrons. The molecule has 1 heterocycles. The van der Waals surface area contributed by atoms with Crippen LogP contribution >= 0.6 is 24.8 Å². The third kappa shape index (κ3) is 4.43. The largest absolute Gasteiger partial charge is 0.350 e. The highest BCUT2D eigenvalue weighted by atomic mass is 35.5. The van der Waals surface area contributed by atoms with E-state index in [1.54, 1.807) is 0 Å². The van der Waals surface area contributed by atoms with Crippen molar-refractivity contribution in [3.05, 3.63) is 59.9 Å². The van der Waals surface area contributed by atoms with Crippen LogP contribution < -0.4 is 11.1 Å². The van der Waals surface area contributed by atoms with Gasteiger partial charge < -0.3 is 11.1 Å². The SMILES string of the molecule is Cc1nc2cc(C(=O)NCC(N)C3CC3)ccc2n1-c1ccccc1.Cl.Cl. The van der Waals surface area contributed by atoms with Gasteiger partial charge in [0.2, 0.25) is 0 Å². The van der Waals surface area contributed by atoms with Crippen LogP contribution in [0, 0.1) is 12.8 Å². The fraction of sp³-hybridized carbons (Fsp3) is 0.300. The second-order valence-electron chi connectivity index (χ2n) is 6.74. The Hall–Kier alpha value is -2.08. The number of imidazole rings is 1. The fourth-order valence-electron chi connectivity index (χ4n) is 3.25. The van der Waals surface area contributed by atoms with Gasteiger partial charge in [-0.15, -0.1) is 24.8 Å². The van der Waals surface area contributed by atoms with E-state index in [0.29, 0.717) is 18.0 Å². The van der Waals surface area contributed by atoms with Crippen molar-refractivity contribution in [1.82, 2.24) is 14.9 Å². The molecule has 4 rings (SSSR count). The number of amides is 1. The van der Waals surface area contributed by atoms with Gasteiger partial charge in [-0.2, -0.15) is 0 Å². The molecular weight excluding hydrogens is 383 g/mol. The molecule has 3 aromatic rings. The van der Waals surface area contributed by atoms with Gasteiger partial charge in [-0.05, 0) is 56.0 Å². The zero-order valence-corrected chi connectivity index (χ0v) is 16.7. The lowest BCUT2D eigenvalue weighted by atomic mass is 10.1. The Morgan fingerprint density at radius 3 is 2.59 bits per heavy atom. The molecule has 2 aromatic carbocycles. The Kier molecular flexibility index (Phi) is 6.87. The molecule has 0 spiro atoms. The zero-order chi connectivity index (χ0) is 17.4. The molecule has 1 atom stereocenters. The number of aromatic nitrogens is 2. The molecular formula is C20H24Cl2N4O. The van der Waals surface area contributed by atoms with Crippen molar-refractivity contribution < 1.29 is 4.79 Å². The van der Waals surface area contributed by atoms with Gasteiger partial charge in [-0.25, -0.2) is 4.98 Å². The van der Waals surface area contributed by atoms with Gasteiger partial charge in [0.05, 0.1) is 11.0 Å². The first-order chi connectivity index (χ1) is 12.1. The number of benzene rings is 2. The number of nitrogens with two attached hydrogens (primary N) is 1. The molecule has 0 saturated heterocycles. The first-order valence-corrected chi connectivity index (χ1v) is 8.72. The summed E-state index contributed by atoms with van der Waals surface area (Å²) >= 11 is 0. The van der Waals surface area contributed by atoms with E-state index in [4.69, 9.17) is 5.73 Å². The second kappa shape index (κ2) is 8.74. The van der Waals surface area contributed by atoms with E-state index in [0.717, 1.165) is 22.5 Å². The maximum Gasteiger partial charge on any atom is 0.251 e. The van der Waals surface area contributed by atoms with Crippen molar-refractivity contribution in [1.29, 1.82) is 0 Å². The molecule has 27 heavy (non-hydrogen) atoms. The number of hydrogen-bond donors (Lipinski definition) is 2. The maximum absolute atomic E-state index is 12.4. The summed E-state index contributed by atoms with van der Waals surface area (Å²) in [7, 11) is 0. The molecule has 0 radical (unpaired) electrons. The summed E-state index contributed by atoms with van der Waals surface area (Å²) in [6, 6.07) is 15.8. The first-order valence-electron chi connectivity index (χ1n) is 8.72. The molecule has 1 amide bonds. The number of para-hydroxylation sites is 1. The lowest BCUT2D eigenvalue weighted by Crippen LogP contribution is -2.38. The summed E-state index contributed by atoms with van der Waals surface area (Å²) in [4.78, 5) is 17.0. The zero-order valence-electron chi connectivity index (χ0n) is 15.1. The van der Waals surface area contributed by atoms with Gasteiger partial charge in [0, 0.05) is 23.8 Å². The van der Waals surface area contributed by atoms with Crippen LogP contribution in [0.5, 0.6) is 0 Å². The molecule has 1 saturated carbocycles. The highest BCUT2D eigenvalue weighted by molar-refractivity contribution is 5.97. The summed E-state index contributed by atoms with van der Waals surface area (Å²) in [5.41, 5.74) is 9.55. The van der Waals surface area contributed by atoms with Crippen molar-refractivity contribution in [2.75, 3.05) is 6.54 Å². The summed E-state index contributed by atoms with van der Waals surface area (Å²) < 4.78 is 2.10. The standard InChI is InChI=1S/C20H22N4O.2ClH/c1-13-23-18-11-15(20(25)22-12-17(21)14-7-8-14)9-10-19(18)24(13)16-5-3-2-4-6-16;;/h2-6,9-11,14,17H,7-8,12,21H2,1H3,(H,22,25);2*1H. The number of nitrogens with zero attached hydrogens (tertiary/aromatic N) is 2. The molecule has 1 fully saturated rings. The smallest absolute Gasteiger partial charge is 0.251 e. The molecule has 1 aliphatic rings. The number of hydrogen-bond acceptors (Lipinski definition) is 3. The Bertz CT molecular complexity index is 922. The van der Waals surface area contributed by atoms with Crippen LogP contribution in [0.1, 0.15) is 29.0 Å². The van der Waals surface area contributed by atoms with Gasteiger partial charge in [0.25, 0.3) is 5.91 Å². The van der Waals surface area contributed by atoms with Crippen molar-refractivity contribution in [3.8, 4) is 5.69 Å². The first kappa shape index (κ1) is 21.2. The van der Waals surface area contributed by atoms with E-state index < -0.39 is 0 Å². The molecule has 1 unspecified atom stereocenters. The van der Waals surface area contributed by atoms with Crippen molar-refractivity contribution in [2.24, 2.45) is 11.7 Å². The van der Waals surface area contributed by atoms with Crippen LogP contribution in [0.15, 0.2) is 48.5 Å². The Morgan fingerprint density at radius 2 is 1.93 bits per heavy atom. The van der Waals surface area contributed by atoms with E-state index in [1.807, 2.05) is 55.5 Å². The predicted octanol–water partition coefficient (Wildman–Crippen LogP) is 3.64. The van der Waals surface area contributed by atoms with Crippen molar-refractivity contribution >= 4 is 41.8 Å².